The van der Waals surface area contributed by atoms with Crippen molar-refractivity contribution in [1.29, 1.82) is 5.41 Å². The molecule has 7 nitrogen and oxygen atoms in total. The smallest absolute Gasteiger partial charge is 0.241 e. The molecule has 2 atom stereocenters. The maximum absolute atomic E-state index is 13.4. The highest BCUT2D eigenvalue weighted by Gasteiger charge is 2.25. The SMILES string of the molecule is CC.CCCC(CCC1CCC1)CNC(=O)CN(CCC)C(=O)C(CC)NSc1ccc2ccccc2c1.N=CN. The zero-order chi connectivity index (χ0) is 30.5. The first-order chi connectivity index (χ1) is 19.9. The van der Waals surface area contributed by atoms with Gasteiger partial charge in [0, 0.05) is 18.0 Å². The Bertz CT molecular complexity index is 1010. The number of hydrogen-bond donors (Lipinski definition) is 4. The number of nitrogens with zero attached hydrogens (tertiary/aromatic N) is 1. The standard InChI is InChI=1S/C30H45N3O2S.C2H6.CH4N2/c1-4-10-24(16-15-23-11-9-12-23)21-31-29(34)22-33(19-5-2)30(35)28(6-3)32-36-27-18-17-25-13-7-8-14-26(25)20-27;1-2;2-1-3/h7-8,13-14,17-18,20,23-24,28,32H,4-6,9-12,15-16,19,21-22H2,1-3H3,(H,31,34);1-2H3;1H,(H3,2,3). The van der Waals surface area contributed by atoms with Gasteiger partial charge in [-0.3, -0.25) is 15.0 Å². The van der Waals surface area contributed by atoms with Gasteiger partial charge < -0.3 is 16.0 Å². The van der Waals surface area contributed by atoms with Gasteiger partial charge in [0.25, 0.3) is 0 Å². The van der Waals surface area contributed by atoms with E-state index in [9.17, 15) is 9.59 Å². The van der Waals surface area contributed by atoms with Crippen LogP contribution < -0.4 is 15.8 Å². The fraction of sp³-hybridized carbons (Fsp3) is 0.606. The second-order valence-corrected chi connectivity index (χ2v) is 11.4. The molecule has 0 heterocycles. The van der Waals surface area contributed by atoms with Gasteiger partial charge in [0.2, 0.25) is 11.8 Å². The molecule has 0 aliphatic heterocycles. The van der Waals surface area contributed by atoms with E-state index in [4.69, 9.17) is 5.41 Å². The quantitative estimate of drug-likeness (QED) is 0.0950. The van der Waals surface area contributed by atoms with E-state index in [1.807, 2.05) is 39.8 Å². The lowest BCUT2D eigenvalue weighted by molar-refractivity contribution is -0.137. The molecule has 2 aromatic rings. The molecule has 3 rings (SSSR count). The van der Waals surface area contributed by atoms with Crippen molar-refractivity contribution >= 4 is 40.9 Å². The fourth-order valence-electron chi connectivity index (χ4n) is 4.93. The van der Waals surface area contributed by atoms with Crippen molar-refractivity contribution in [3.05, 3.63) is 42.5 Å². The van der Waals surface area contributed by atoms with Crippen LogP contribution >= 0.6 is 11.9 Å². The Kier molecular flexibility index (Phi) is 19.6. The minimum Gasteiger partial charge on any atom is -0.390 e. The molecule has 2 amide bonds. The number of nitrogens with two attached hydrogens (primary N) is 1. The van der Waals surface area contributed by atoms with Crippen LogP contribution in [0, 0.1) is 17.2 Å². The number of hydrogen-bond acceptors (Lipinski definition) is 5. The van der Waals surface area contributed by atoms with Gasteiger partial charge in [0.15, 0.2) is 0 Å². The van der Waals surface area contributed by atoms with Crippen LogP contribution in [0.15, 0.2) is 47.4 Å². The first kappa shape index (κ1) is 36.4. The third-order valence-corrected chi connectivity index (χ3v) is 8.27. The molecule has 5 N–H and O–H groups in total. The first-order valence-corrected chi connectivity index (χ1v) is 16.4. The van der Waals surface area contributed by atoms with E-state index in [0.29, 0.717) is 18.9 Å². The third kappa shape index (κ3) is 13.8. The Morgan fingerprint density at radius 1 is 1.07 bits per heavy atom. The summed E-state index contributed by atoms with van der Waals surface area (Å²) in [6.07, 6.45) is 11.2. The van der Waals surface area contributed by atoms with Crippen molar-refractivity contribution in [2.24, 2.45) is 17.6 Å². The van der Waals surface area contributed by atoms with Gasteiger partial charge in [-0.25, -0.2) is 4.72 Å². The van der Waals surface area contributed by atoms with Crippen LogP contribution in [0.2, 0.25) is 0 Å². The van der Waals surface area contributed by atoms with Gasteiger partial charge in [-0.05, 0) is 72.4 Å². The summed E-state index contributed by atoms with van der Waals surface area (Å²) in [6, 6.07) is 14.3. The van der Waals surface area contributed by atoms with Gasteiger partial charge in [0.05, 0.1) is 18.9 Å². The molecule has 0 saturated heterocycles. The monoisotopic (exact) mass is 585 g/mol. The van der Waals surface area contributed by atoms with E-state index >= 15 is 0 Å². The van der Waals surface area contributed by atoms with E-state index in [1.54, 1.807) is 4.90 Å². The molecule has 0 bridgehead atoms. The van der Waals surface area contributed by atoms with E-state index in [0.717, 1.165) is 43.0 Å². The topological polar surface area (TPSA) is 111 Å². The number of carbonyl (C=O) groups excluding carboxylic acids is 2. The van der Waals surface area contributed by atoms with Crippen LogP contribution in [-0.4, -0.2) is 48.7 Å². The number of nitrogens with one attached hydrogen (secondary N) is 3. The molecule has 1 aliphatic rings. The van der Waals surface area contributed by atoms with Crippen molar-refractivity contribution in [2.75, 3.05) is 19.6 Å². The van der Waals surface area contributed by atoms with Crippen LogP contribution in [0.3, 0.4) is 0 Å². The zero-order valence-corrected chi connectivity index (χ0v) is 26.9. The van der Waals surface area contributed by atoms with Crippen LogP contribution in [0.25, 0.3) is 10.8 Å². The molecular formula is C33H55N5O2S. The maximum atomic E-state index is 13.4. The number of rotatable bonds is 16. The molecule has 1 saturated carbocycles. The number of fused-ring (bicyclic) bond motifs is 1. The van der Waals surface area contributed by atoms with Crippen molar-refractivity contribution in [1.82, 2.24) is 14.9 Å². The minimum absolute atomic E-state index is 0.00196. The summed E-state index contributed by atoms with van der Waals surface area (Å²) in [4.78, 5) is 29.0. The van der Waals surface area contributed by atoms with Crippen molar-refractivity contribution < 1.29 is 9.59 Å². The average molecular weight is 586 g/mol. The lowest BCUT2D eigenvalue weighted by Gasteiger charge is -2.28. The largest absolute Gasteiger partial charge is 0.390 e. The summed E-state index contributed by atoms with van der Waals surface area (Å²) in [5.74, 6) is 1.40. The molecule has 2 unspecified atom stereocenters. The average Bonchev–Trinajstić information content (AvgIpc) is 2.96. The molecule has 41 heavy (non-hydrogen) atoms. The fourth-order valence-corrected chi connectivity index (χ4v) is 5.80. The highest BCUT2D eigenvalue weighted by Crippen LogP contribution is 2.32. The molecule has 1 aliphatic carbocycles. The Morgan fingerprint density at radius 2 is 1.76 bits per heavy atom. The number of carbonyl (C=O) groups is 2. The van der Waals surface area contributed by atoms with Gasteiger partial charge in [-0.2, -0.15) is 0 Å². The van der Waals surface area contributed by atoms with Crippen molar-refractivity contribution in [3.8, 4) is 0 Å². The summed E-state index contributed by atoms with van der Waals surface area (Å²) in [6.45, 7) is 11.7. The predicted octanol–water partition coefficient (Wildman–Crippen LogP) is 7.14. The molecule has 0 aromatic heterocycles. The van der Waals surface area contributed by atoms with Gasteiger partial charge in [0.1, 0.15) is 0 Å². The number of amides is 2. The Hall–Kier alpha value is -2.58. The van der Waals surface area contributed by atoms with Gasteiger partial charge in [-0.1, -0.05) is 97.1 Å². The first-order valence-electron chi connectivity index (χ1n) is 15.6. The minimum atomic E-state index is -0.337. The van der Waals surface area contributed by atoms with E-state index in [2.05, 4.69) is 53.0 Å². The summed E-state index contributed by atoms with van der Waals surface area (Å²) < 4.78 is 3.36. The van der Waals surface area contributed by atoms with Crippen LogP contribution in [-0.2, 0) is 9.59 Å². The normalized spacial score (nSPS) is 13.9. The van der Waals surface area contributed by atoms with Gasteiger partial charge in [-0.15, -0.1) is 0 Å². The molecule has 1 fully saturated rings. The maximum Gasteiger partial charge on any atom is 0.241 e. The lowest BCUT2D eigenvalue weighted by Crippen LogP contribution is -2.48. The van der Waals surface area contributed by atoms with Gasteiger partial charge >= 0.3 is 0 Å². The molecule has 230 valence electrons. The Balaban J connectivity index is 0.00000157. The second kappa shape index (κ2) is 22.1. The number of benzene rings is 2. The molecule has 0 radical (unpaired) electrons. The molecule has 2 aromatic carbocycles. The molecule has 8 heteroatoms. The van der Waals surface area contributed by atoms with Crippen molar-refractivity contribution in [3.63, 3.8) is 0 Å². The third-order valence-electron chi connectivity index (χ3n) is 7.38. The van der Waals surface area contributed by atoms with Crippen LogP contribution in [0.4, 0.5) is 0 Å². The highest BCUT2D eigenvalue weighted by atomic mass is 32.2. The Labute approximate surface area is 253 Å². The van der Waals surface area contributed by atoms with Crippen LogP contribution in [0.1, 0.15) is 92.4 Å². The Morgan fingerprint density at radius 3 is 2.34 bits per heavy atom. The molecule has 0 spiro atoms. The lowest BCUT2D eigenvalue weighted by atomic mass is 9.80. The predicted molar refractivity (Wildman–Crippen MR) is 176 cm³/mol. The summed E-state index contributed by atoms with van der Waals surface area (Å²) in [7, 11) is 0. The summed E-state index contributed by atoms with van der Waals surface area (Å²) in [5.41, 5.74) is 4.39. The zero-order valence-electron chi connectivity index (χ0n) is 26.1. The van der Waals surface area contributed by atoms with E-state index in [1.165, 1.54) is 54.8 Å². The van der Waals surface area contributed by atoms with Crippen LogP contribution in [0.5, 0.6) is 0 Å². The summed E-state index contributed by atoms with van der Waals surface area (Å²) >= 11 is 1.49. The molecular weight excluding hydrogens is 530 g/mol. The summed E-state index contributed by atoms with van der Waals surface area (Å²) in [5, 5.41) is 11.4. The second-order valence-electron chi connectivity index (χ2n) is 10.4. The van der Waals surface area contributed by atoms with E-state index in [-0.39, 0.29) is 24.4 Å². The highest BCUT2D eigenvalue weighted by molar-refractivity contribution is 7.97. The van der Waals surface area contributed by atoms with Crippen molar-refractivity contribution in [2.45, 2.75) is 103 Å². The van der Waals surface area contributed by atoms with E-state index < -0.39 is 0 Å².